The van der Waals surface area contributed by atoms with Crippen LogP contribution in [0.4, 0.5) is 0 Å². The van der Waals surface area contributed by atoms with Gasteiger partial charge in [-0.15, -0.1) is 0 Å². The number of nitriles is 1. The Morgan fingerprint density at radius 1 is 0.805 bits per heavy atom. The molecule has 220 valence electrons. The first-order valence-corrected chi connectivity index (χ1v) is 18.4. The Morgan fingerprint density at radius 3 is 1.80 bits per heavy atom. The molecule has 0 aliphatic rings. The van der Waals surface area contributed by atoms with Crippen LogP contribution in [0.3, 0.4) is 0 Å². The number of benzene rings is 3. The van der Waals surface area contributed by atoms with Crippen LogP contribution >= 0.6 is 28.9 Å². The van der Waals surface area contributed by atoms with Crippen molar-refractivity contribution in [2.45, 2.75) is 51.0 Å². The van der Waals surface area contributed by atoms with Crippen molar-refractivity contribution < 1.29 is 14.0 Å². The van der Waals surface area contributed by atoms with E-state index < -0.39 is 12.9 Å². The highest BCUT2D eigenvalue weighted by molar-refractivity contribution is 8.76. The molecule has 8 heteroatoms. The molecule has 0 aromatic heterocycles. The van der Waals surface area contributed by atoms with E-state index in [1.165, 1.54) is 0 Å². The van der Waals surface area contributed by atoms with Gasteiger partial charge in [-0.2, -0.15) is 5.26 Å². The van der Waals surface area contributed by atoms with Gasteiger partial charge in [-0.3, -0.25) is 4.67 Å². The lowest BCUT2D eigenvalue weighted by Crippen LogP contribution is -2.33. The molecule has 0 aliphatic heterocycles. The minimum atomic E-state index is -2.57. The zero-order valence-corrected chi connectivity index (χ0v) is 27.4. The standard InChI is InChI=1S/C33H43N2O3PS2/c1-27(2)39(36,28(3)4)35(22-12-21-34)23-25-40-41-26-24-38-33(29-13-8-6-9-14-29,30-15-10-7-11-16-30)31-17-19-32(37-5)20-18-31/h6-11,13-20,27-28H,12,22-26H2,1-5H3. The average molecular weight is 611 g/mol. The topological polar surface area (TPSA) is 62.6 Å². The highest BCUT2D eigenvalue weighted by atomic mass is 33.1. The lowest BCUT2D eigenvalue weighted by Gasteiger charge is -2.37. The smallest absolute Gasteiger partial charge is 0.155 e. The van der Waals surface area contributed by atoms with E-state index in [0.29, 0.717) is 26.1 Å². The SMILES string of the molecule is COc1ccc(C(OCCSSCCN(CCC#N)P(=O)(C(C)C)C(C)C)(c2ccccc2)c2ccccc2)cc1. The molecular weight excluding hydrogens is 567 g/mol. The minimum absolute atomic E-state index is 0.0642. The van der Waals surface area contributed by atoms with E-state index in [2.05, 4.69) is 71.4 Å². The van der Waals surface area contributed by atoms with Gasteiger partial charge in [0.1, 0.15) is 11.4 Å². The van der Waals surface area contributed by atoms with Crippen molar-refractivity contribution >= 4 is 28.9 Å². The zero-order valence-electron chi connectivity index (χ0n) is 24.9. The predicted molar refractivity (Wildman–Crippen MR) is 176 cm³/mol. The number of rotatable bonds is 17. The molecule has 41 heavy (non-hydrogen) atoms. The second kappa shape index (κ2) is 16.4. The monoisotopic (exact) mass is 610 g/mol. The third kappa shape index (κ3) is 8.21. The van der Waals surface area contributed by atoms with Crippen molar-refractivity contribution in [2.75, 3.05) is 38.3 Å². The molecular formula is C33H43N2O3PS2. The van der Waals surface area contributed by atoms with Gasteiger partial charge in [0, 0.05) is 42.3 Å². The van der Waals surface area contributed by atoms with Crippen molar-refractivity contribution in [3.8, 4) is 11.8 Å². The molecule has 0 fully saturated rings. The fraction of sp³-hybridized carbons (Fsp3) is 0.424. The molecule has 0 atom stereocenters. The highest BCUT2D eigenvalue weighted by Gasteiger charge is 2.38. The van der Waals surface area contributed by atoms with Gasteiger partial charge >= 0.3 is 0 Å². The highest BCUT2D eigenvalue weighted by Crippen LogP contribution is 2.58. The van der Waals surface area contributed by atoms with E-state index in [4.69, 9.17) is 14.7 Å². The largest absolute Gasteiger partial charge is 0.497 e. The van der Waals surface area contributed by atoms with Crippen LogP contribution < -0.4 is 4.74 Å². The summed E-state index contributed by atoms with van der Waals surface area (Å²) in [5.74, 6) is 2.44. The van der Waals surface area contributed by atoms with Gasteiger partial charge in [0.25, 0.3) is 0 Å². The second-order valence-electron chi connectivity index (χ2n) is 10.4. The third-order valence-electron chi connectivity index (χ3n) is 7.26. The minimum Gasteiger partial charge on any atom is -0.497 e. The number of hydrogen-bond donors (Lipinski definition) is 0. The second-order valence-corrected chi connectivity index (χ2v) is 17.0. The average Bonchev–Trinajstić information content (AvgIpc) is 3.00. The summed E-state index contributed by atoms with van der Waals surface area (Å²) >= 11 is 0. The maximum atomic E-state index is 13.9. The molecule has 3 aromatic rings. The summed E-state index contributed by atoms with van der Waals surface area (Å²) in [6.07, 6.45) is 0.390. The summed E-state index contributed by atoms with van der Waals surface area (Å²) < 4.78 is 28.3. The van der Waals surface area contributed by atoms with Crippen LogP contribution in [0, 0.1) is 11.3 Å². The van der Waals surface area contributed by atoms with Crippen molar-refractivity contribution in [3.05, 3.63) is 102 Å². The Morgan fingerprint density at radius 2 is 1.32 bits per heavy atom. The Hall–Kier alpha value is -2.20. The molecule has 0 heterocycles. The maximum absolute atomic E-state index is 13.9. The molecule has 0 radical (unpaired) electrons. The first-order chi connectivity index (χ1) is 19.8. The van der Waals surface area contributed by atoms with Crippen LogP contribution in [0.5, 0.6) is 5.75 Å². The van der Waals surface area contributed by atoms with Crippen LogP contribution in [0.1, 0.15) is 50.8 Å². The first kappa shape index (κ1) is 33.3. The molecule has 3 rings (SSSR count). The fourth-order valence-corrected chi connectivity index (χ4v) is 10.5. The van der Waals surface area contributed by atoms with Crippen LogP contribution in [0.15, 0.2) is 84.9 Å². The first-order valence-electron chi connectivity index (χ1n) is 14.2. The van der Waals surface area contributed by atoms with Gasteiger partial charge in [-0.1, -0.05) is 122 Å². The van der Waals surface area contributed by atoms with Crippen molar-refractivity contribution in [1.29, 1.82) is 5.26 Å². The third-order valence-corrected chi connectivity index (χ3v) is 13.9. The van der Waals surface area contributed by atoms with Gasteiger partial charge in [0.05, 0.1) is 19.8 Å². The molecule has 0 amide bonds. The van der Waals surface area contributed by atoms with Crippen LogP contribution in [0.25, 0.3) is 0 Å². The fourth-order valence-electron chi connectivity index (χ4n) is 5.26. The number of methoxy groups -OCH3 is 1. The van der Waals surface area contributed by atoms with Crippen molar-refractivity contribution in [2.24, 2.45) is 0 Å². The van der Waals surface area contributed by atoms with Gasteiger partial charge in [-0.05, 0) is 28.8 Å². The Bertz CT molecular complexity index is 1210. The maximum Gasteiger partial charge on any atom is 0.155 e. The summed E-state index contributed by atoms with van der Waals surface area (Å²) in [5, 5.41) is 9.17. The van der Waals surface area contributed by atoms with Gasteiger partial charge < -0.3 is 14.0 Å². The van der Waals surface area contributed by atoms with Crippen LogP contribution in [-0.4, -0.2) is 54.3 Å². The van der Waals surface area contributed by atoms with E-state index in [0.717, 1.165) is 33.9 Å². The number of nitrogens with zero attached hydrogens (tertiary/aromatic N) is 2. The molecule has 5 nitrogen and oxygen atoms in total. The molecule has 0 saturated heterocycles. The molecule has 0 spiro atoms. The molecule has 0 N–H and O–H groups in total. The molecule has 0 bridgehead atoms. The van der Waals surface area contributed by atoms with Crippen LogP contribution in [0.2, 0.25) is 0 Å². The van der Waals surface area contributed by atoms with E-state index in [1.54, 1.807) is 28.7 Å². The van der Waals surface area contributed by atoms with Crippen molar-refractivity contribution in [1.82, 2.24) is 4.67 Å². The quantitative estimate of drug-likeness (QED) is 0.0656. The lowest BCUT2D eigenvalue weighted by molar-refractivity contribution is 0.0234. The van der Waals surface area contributed by atoms with Crippen molar-refractivity contribution in [3.63, 3.8) is 0 Å². The Labute approximate surface area is 254 Å². The summed E-state index contributed by atoms with van der Waals surface area (Å²) in [7, 11) is 2.65. The van der Waals surface area contributed by atoms with E-state index in [-0.39, 0.29) is 11.3 Å². The van der Waals surface area contributed by atoms with E-state index in [1.807, 2.05) is 52.0 Å². The van der Waals surface area contributed by atoms with Gasteiger partial charge in [-0.25, -0.2) is 0 Å². The lowest BCUT2D eigenvalue weighted by atomic mass is 9.80. The van der Waals surface area contributed by atoms with E-state index >= 15 is 0 Å². The summed E-state index contributed by atoms with van der Waals surface area (Å²) in [4.78, 5) is 0. The molecule has 0 aliphatic carbocycles. The molecule has 3 aromatic carbocycles. The van der Waals surface area contributed by atoms with E-state index in [9.17, 15) is 4.57 Å². The normalized spacial score (nSPS) is 12.2. The van der Waals surface area contributed by atoms with Gasteiger partial charge in [0.15, 0.2) is 7.29 Å². The zero-order chi connectivity index (χ0) is 29.7. The predicted octanol–water partition coefficient (Wildman–Crippen LogP) is 8.70. The van der Waals surface area contributed by atoms with Crippen LogP contribution in [-0.2, 0) is 14.9 Å². The molecule has 0 unspecified atom stereocenters. The van der Waals surface area contributed by atoms with Gasteiger partial charge in [0.2, 0.25) is 0 Å². The molecule has 0 saturated carbocycles. The number of ether oxygens (including phenoxy) is 2. The number of hydrogen-bond acceptors (Lipinski definition) is 6. The Kier molecular flexibility index (Phi) is 13.4. The Balaban J connectivity index is 1.72. The summed E-state index contributed by atoms with van der Waals surface area (Å²) in [5.41, 5.74) is 2.54. The summed E-state index contributed by atoms with van der Waals surface area (Å²) in [6, 6.07) is 31.1. The summed E-state index contributed by atoms with van der Waals surface area (Å²) in [6.45, 7) is 9.94.